The van der Waals surface area contributed by atoms with Gasteiger partial charge in [0.05, 0.1) is 6.10 Å². The van der Waals surface area contributed by atoms with Crippen LogP contribution in [0.4, 0.5) is 0 Å². The monoisotopic (exact) mass is 468 g/mol. The Morgan fingerprint density at radius 3 is 1.58 bits per heavy atom. The first kappa shape index (κ1) is 32.1. The summed E-state index contributed by atoms with van der Waals surface area (Å²) in [6.45, 7) is 10.2. The fourth-order valence-electron chi connectivity index (χ4n) is 4.96. The summed E-state index contributed by atoms with van der Waals surface area (Å²) >= 11 is 0. The molecule has 0 aromatic rings. The Hall–Kier alpha value is -0.940. The van der Waals surface area contributed by atoms with Crippen LogP contribution in [0.1, 0.15) is 143 Å². The van der Waals surface area contributed by atoms with Gasteiger partial charge in [0.25, 0.3) is 0 Å². The van der Waals surface area contributed by atoms with Crippen molar-refractivity contribution in [1.82, 2.24) is 5.32 Å². The lowest BCUT2D eigenvalue weighted by Gasteiger charge is -2.56. The molecule has 2 aliphatic carbocycles. The summed E-state index contributed by atoms with van der Waals surface area (Å²) in [7, 11) is 0. The summed E-state index contributed by atoms with van der Waals surface area (Å²) in [5, 5.41) is 12.6. The number of nitrogens with one attached hydrogen (secondary N) is 1. The number of nitrogens with two attached hydrogens (primary N) is 1. The molecule has 1 amide bonds. The third kappa shape index (κ3) is 18.1. The van der Waals surface area contributed by atoms with E-state index >= 15 is 0 Å². The van der Waals surface area contributed by atoms with Gasteiger partial charge in [0, 0.05) is 18.0 Å². The molecule has 0 aromatic carbocycles. The van der Waals surface area contributed by atoms with E-state index in [1.54, 1.807) is 0 Å². The third-order valence-corrected chi connectivity index (χ3v) is 6.57. The summed E-state index contributed by atoms with van der Waals surface area (Å²) in [5.74, 6) is 0.243. The molecule has 196 valence electrons. The average Bonchev–Trinajstić information content (AvgIpc) is 2.69. The topological polar surface area (TPSA) is 92.4 Å². The van der Waals surface area contributed by atoms with Gasteiger partial charge in [-0.1, -0.05) is 84.0 Å². The molecule has 5 heteroatoms. The van der Waals surface area contributed by atoms with Gasteiger partial charge in [0.2, 0.25) is 5.91 Å². The van der Waals surface area contributed by atoms with Crippen molar-refractivity contribution in [2.45, 2.75) is 161 Å². The van der Waals surface area contributed by atoms with Crippen LogP contribution in [0, 0.1) is 5.41 Å². The van der Waals surface area contributed by atoms with Gasteiger partial charge in [-0.2, -0.15) is 0 Å². The van der Waals surface area contributed by atoms with E-state index in [9.17, 15) is 9.90 Å². The minimum absolute atomic E-state index is 0. The maximum atomic E-state index is 12.0. The Morgan fingerprint density at radius 2 is 1.21 bits per heavy atom. The largest absolute Gasteiger partial charge is 0.393 e. The van der Waals surface area contributed by atoms with Crippen LogP contribution in [0.15, 0.2) is 0 Å². The number of aliphatic hydroxyl groups is 1. The Bertz CT molecular complexity index is 470. The molecule has 0 heterocycles. The number of aliphatic hydroxyl groups excluding tert-OH is 1. The van der Waals surface area contributed by atoms with Gasteiger partial charge in [-0.3, -0.25) is 4.79 Å². The van der Waals surface area contributed by atoms with Crippen molar-refractivity contribution >= 4 is 12.7 Å². The van der Waals surface area contributed by atoms with Crippen LogP contribution in [0.2, 0.25) is 0 Å². The fraction of sp³-hybridized carbons (Fsp3) is 0.929. The summed E-state index contributed by atoms with van der Waals surface area (Å²) in [4.78, 5) is 20.0. The van der Waals surface area contributed by atoms with Crippen LogP contribution in [0.5, 0.6) is 0 Å². The standard InChI is InChI=1S/C23H43NO2.C4H11N.CH2O/c1-2-3-4-5-6-7-8-9-10-11-12-13-14-15-22(26)24-20-16-23(17-20)18-21(25)19-23;1-4(2,3)5;1-2/h20-21,25H,2-19H2,1H3,(H,24,26);5H2,1-3H3;1H2. The van der Waals surface area contributed by atoms with Crippen molar-refractivity contribution in [3.05, 3.63) is 0 Å². The van der Waals surface area contributed by atoms with Gasteiger partial charge in [0.15, 0.2) is 0 Å². The average molecular weight is 469 g/mol. The number of unbranched alkanes of at least 4 members (excludes halogenated alkanes) is 12. The zero-order valence-electron chi connectivity index (χ0n) is 22.4. The summed E-state index contributed by atoms with van der Waals surface area (Å²) in [6, 6.07) is 0.386. The number of carbonyl (C=O) groups excluding carboxylic acids is 2. The number of carbonyl (C=O) groups is 2. The maximum Gasteiger partial charge on any atom is 0.220 e. The Kier molecular flexibility index (Phi) is 17.9. The molecule has 0 unspecified atom stereocenters. The van der Waals surface area contributed by atoms with Gasteiger partial charge < -0.3 is 21.0 Å². The molecule has 2 fully saturated rings. The second kappa shape index (κ2) is 18.4. The highest BCUT2D eigenvalue weighted by atomic mass is 16.3. The lowest BCUT2D eigenvalue weighted by molar-refractivity contribution is -0.128. The zero-order valence-corrected chi connectivity index (χ0v) is 22.4. The van der Waals surface area contributed by atoms with Crippen LogP contribution < -0.4 is 11.1 Å². The molecule has 4 N–H and O–H groups in total. The second-order valence-corrected chi connectivity index (χ2v) is 11.6. The van der Waals surface area contributed by atoms with Gasteiger partial charge in [-0.05, 0) is 58.3 Å². The van der Waals surface area contributed by atoms with E-state index in [4.69, 9.17) is 10.5 Å². The number of rotatable bonds is 15. The molecular weight excluding hydrogens is 412 g/mol. The van der Waals surface area contributed by atoms with Crippen molar-refractivity contribution in [2.75, 3.05) is 0 Å². The number of amides is 1. The van der Waals surface area contributed by atoms with E-state index in [-0.39, 0.29) is 17.6 Å². The predicted octanol–water partition coefficient (Wildman–Crippen LogP) is 6.45. The van der Waals surface area contributed by atoms with E-state index in [2.05, 4.69) is 12.2 Å². The Morgan fingerprint density at radius 1 is 0.848 bits per heavy atom. The highest BCUT2D eigenvalue weighted by molar-refractivity contribution is 5.76. The lowest BCUT2D eigenvalue weighted by Crippen LogP contribution is -2.57. The number of hydrogen-bond acceptors (Lipinski definition) is 4. The fourth-order valence-corrected chi connectivity index (χ4v) is 4.96. The molecule has 0 atom stereocenters. The van der Waals surface area contributed by atoms with Crippen molar-refractivity contribution in [3.63, 3.8) is 0 Å². The Balaban J connectivity index is 0.00000129. The van der Waals surface area contributed by atoms with E-state index in [0.29, 0.717) is 17.9 Å². The van der Waals surface area contributed by atoms with Gasteiger partial charge >= 0.3 is 0 Å². The quantitative estimate of drug-likeness (QED) is 0.241. The maximum absolute atomic E-state index is 12.0. The number of hydrogen-bond donors (Lipinski definition) is 3. The van der Waals surface area contributed by atoms with E-state index in [0.717, 1.165) is 32.1 Å². The van der Waals surface area contributed by atoms with Crippen molar-refractivity contribution < 1.29 is 14.7 Å². The summed E-state index contributed by atoms with van der Waals surface area (Å²) < 4.78 is 0. The molecule has 0 aliphatic heterocycles. The SMILES string of the molecule is C=O.CC(C)(C)N.CCCCCCCCCCCCCCCC(=O)NC1CC2(CC(O)C2)C1. The molecule has 2 aliphatic rings. The molecule has 0 radical (unpaired) electrons. The summed E-state index contributed by atoms with van der Waals surface area (Å²) in [6.07, 6.45) is 22.2. The van der Waals surface area contributed by atoms with Gasteiger partial charge in [-0.25, -0.2) is 0 Å². The minimum atomic E-state index is -0.0718. The first-order chi connectivity index (χ1) is 15.6. The van der Waals surface area contributed by atoms with Gasteiger partial charge in [0.1, 0.15) is 6.79 Å². The Labute approximate surface area is 205 Å². The molecule has 33 heavy (non-hydrogen) atoms. The molecule has 0 aromatic heterocycles. The van der Waals surface area contributed by atoms with Crippen LogP contribution >= 0.6 is 0 Å². The predicted molar refractivity (Wildman–Crippen MR) is 140 cm³/mol. The van der Waals surface area contributed by atoms with Crippen LogP contribution in [-0.4, -0.2) is 35.5 Å². The highest BCUT2D eigenvalue weighted by Crippen LogP contribution is 2.55. The second-order valence-electron chi connectivity index (χ2n) is 11.6. The summed E-state index contributed by atoms with van der Waals surface area (Å²) in [5.41, 5.74) is 5.75. The van der Waals surface area contributed by atoms with Crippen molar-refractivity contribution in [3.8, 4) is 0 Å². The molecule has 2 saturated carbocycles. The van der Waals surface area contributed by atoms with Crippen LogP contribution in [-0.2, 0) is 9.59 Å². The smallest absolute Gasteiger partial charge is 0.220 e. The van der Waals surface area contributed by atoms with E-state index in [1.165, 1.54) is 77.0 Å². The molecule has 0 saturated heterocycles. The molecular formula is C28H56N2O3. The first-order valence-corrected chi connectivity index (χ1v) is 13.7. The van der Waals surface area contributed by atoms with E-state index < -0.39 is 0 Å². The third-order valence-electron chi connectivity index (χ3n) is 6.57. The van der Waals surface area contributed by atoms with E-state index in [1.807, 2.05) is 27.6 Å². The first-order valence-electron chi connectivity index (χ1n) is 13.7. The van der Waals surface area contributed by atoms with Crippen molar-refractivity contribution in [2.24, 2.45) is 11.1 Å². The lowest BCUT2D eigenvalue weighted by atomic mass is 9.53. The van der Waals surface area contributed by atoms with Gasteiger partial charge in [-0.15, -0.1) is 0 Å². The van der Waals surface area contributed by atoms with Crippen LogP contribution in [0.3, 0.4) is 0 Å². The highest BCUT2D eigenvalue weighted by Gasteiger charge is 2.52. The minimum Gasteiger partial charge on any atom is -0.393 e. The van der Waals surface area contributed by atoms with Crippen molar-refractivity contribution in [1.29, 1.82) is 0 Å². The molecule has 0 bridgehead atoms. The molecule has 1 spiro atoms. The van der Waals surface area contributed by atoms with Crippen LogP contribution in [0.25, 0.3) is 0 Å². The molecule has 2 rings (SSSR count). The zero-order chi connectivity index (χ0) is 25.2. The molecule has 5 nitrogen and oxygen atoms in total. The normalized spacial score (nSPS) is 23.3.